The molecule has 0 fully saturated rings. The predicted molar refractivity (Wildman–Crippen MR) is 86.6 cm³/mol. The molecule has 0 aliphatic heterocycles. The molecule has 0 saturated heterocycles. The van der Waals surface area contributed by atoms with E-state index in [-0.39, 0.29) is 5.97 Å². The lowest BCUT2D eigenvalue weighted by molar-refractivity contribution is -0.145. The molecule has 0 spiro atoms. The number of nitrogens with one attached hydrogen (secondary N) is 1. The molecule has 1 atom stereocenters. The zero-order chi connectivity index (χ0) is 16.0. The van der Waals surface area contributed by atoms with Gasteiger partial charge in [0.05, 0.1) is 6.61 Å². The summed E-state index contributed by atoms with van der Waals surface area (Å²) >= 11 is 0. The van der Waals surface area contributed by atoms with Crippen molar-refractivity contribution >= 4 is 5.97 Å². The maximum atomic E-state index is 12.3. The molecular formula is C17H28N2O2. The van der Waals surface area contributed by atoms with Gasteiger partial charge in [-0.2, -0.15) is 0 Å². The molecule has 4 heteroatoms. The van der Waals surface area contributed by atoms with Crippen molar-refractivity contribution in [3.8, 4) is 0 Å². The Balaban J connectivity index is 3.00. The molecule has 21 heavy (non-hydrogen) atoms. The Morgan fingerprint density at radius 3 is 2.38 bits per heavy atom. The molecule has 1 N–H and O–H groups in total. The first-order valence-electron chi connectivity index (χ1n) is 7.49. The highest BCUT2D eigenvalue weighted by Gasteiger charge is 2.23. The van der Waals surface area contributed by atoms with E-state index < -0.39 is 6.04 Å². The van der Waals surface area contributed by atoms with Gasteiger partial charge in [-0.3, -0.25) is 5.32 Å². The Kier molecular flexibility index (Phi) is 6.85. The lowest BCUT2D eigenvalue weighted by atomic mass is 9.95. The van der Waals surface area contributed by atoms with Gasteiger partial charge >= 0.3 is 5.97 Å². The van der Waals surface area contributed by atoms with Gasteiger partial charge in [0, 0.05) is 13.1 Å². The number of likely N-dealkylation sites (N-methyl/N-ethyl adjacent to an activating group) is 1. The van der Waals surface area contributed by atoms with Gasteiger partial charge in [0.1, 0.15) is 6.04 Å². The average Bonchev–Trinajstić information content (AvgIpc) is 2.39. The summed E-state index contributed by atoms with van der Waals surface area (Å²) in [6.45, 7) is 10.0. The van der Waals surface area contributed by atoms with Gasteiger partial charge in [0.25, 0.3) is 0 Å². The fraction of sp³-hybridized carbons (Fsp3) is 0.588. The Morgan fingerprint density at radius 2 is 1.81 bits per heavy atom. The number of ether oxygens (including phenoxy) is 1. The molecule has 4 nitrogen and oxygen atoms in total. The first-order valence-corrected chi connectivity index (χ1v) is 7.49. The van der Waals surface area contributed by atoms with Gasteiger partial charge < -0.3 is 9.64 Å². The summed E-state index contributed by atoms with van der Waals surface area (Å²) in [6.07, 6.45) is 0. The number of carbonyl (C=O) groups is 1. The van der Waals surface area contributed by atoms with Crippen LogP contribution in [0.2, 0.25) is 0 Å². The molecule has 0 heterocycles. The third kappa shape index (κ3) is 5.14. The summed E-state index contributed by atoms with van der Waals surface area (Å²) < 4.78 is 5.23. The Hall–Kier alpha value is -1.39. The van der Waals surface area contributed by atoms with Gasteiger partial charge in [0.15, 0.2) is 0 Å². The second kappa shape index (κ2) is 8.15. The first kappa shape index (κ1) is 17.7. The third-order valence-electron chi connectivity index (χ3n) is 3.62. The van der Waals surface area contributed by atoms with Crippen molar-refractivity contribution < 1.29 is 9.53 Å². The maximum absolute atomic E-state index is 12.3. The number of esters is 1. The third-order valence-corrected chi connectivity index (χ3v) is 3.62. The maximum Gasteiger partial charge on any atom is 0.327 e. The van der Waals surface area contributed by atoms with Crippen molar-refractivity contribution in [2.24, 2.45) is 0 Å². The molecule has 118 valence electrons. The molecule has 1 aromatic rings. The molecular weight excluding hydrogens is 264 g/mol. The number of benzene rings is 1. The number of carbonyl (C=O) groups excluding carboxylic acids is 1. The summed E-state index contributed by atoms with van der Waals surface area (Å²) in [6, 6.07) is 3.82. The van der Waals surface area contributed by atoms with Crippen molar-refractivity contribution in [2.45, 2.75) is 33.7 Å². The van der Waals surface area contributed by atoms with Crippen LogP contribution in [0.1, 0.15) is 35.2 Å². The highest BCUT2D eigenvalue weighted by Crippen LogP contribution is 2.23. The summed E-state index contributed by atoms with van der Waals surface area (Å²) in [5.74, 6) is -0.206. The van der Waals surface area contributed by atoms with Crippen molar-refractivity contribution in [3.63, 3.8) is 0 Å². The molecule has 0 amide bonds. The minimum atomic E-state index is -0.399. The first-order chi connectivity index (χ1) is 9.86. The molecule has 1 rings (SSSR count). The van der Waals surface area contributed by atoms with Crippen LogP contribution in [0, 0.1) is 20.8 Å². The lowest BCUT2D eigenvalue weighted by Gasteiger charge is -2.21. The average molecular weight is 292 g/mol. The second-order valence-corrected chi connectivity index (χ2v) is 5.74. The molecule has 0 aliphatic rings. The smallest absolute Gasteiger partial charge is 0.327 e. The van der Waals surface area contributed by atoms with Crippen molar-refractivity contribution in [3.05, 3.63) is 34.4 Å². The van der Waals surface area contributed by atoms with Gasteiger partial charge in [-0.15, -0.1) is 0 Å². The van der Waals surface area contributed by atoms with E-state index in [1.54, 1.807) is 0 Å². The minimum Gasteiger partial charge on any atom is -0.465 e. The number of nitrogens with zero attached hydrogens (tertiary/aromatic N) is 1. The van der Waals surface area contributed by atoms with Crippen LogP contribution in [0.15, 0.2) is 12.1 Å². The van der Waals surface area contributed by atoms with Gasteiger partial charge in [-0.25, -0.2) is 4.79 Å². The molecule has 0 aliphatic carbocycles. The lowest BCUT2D eigenvalue weighted by Crippen LogP contribution is -2.35. The van der Waals surface area contributed by atoms with Crippen molar-refractivity contribution in [2.75, 3.05) is 33.8 Å². The van der Waals surface area contributed by atoms with Crippen LogP contribution < -0.4 is 5.32 Å². The van der Waals surface area contributed by atoms with E-state index in [2.05, 4.69) is 36.2 Å². The highest BCUT2D eigenvalue weighted by atomic mass is 16.5. The Morgan fingerprint density at radius 1 is 1.19 bits per heavy atom. The molecule has 0 aromatic heterocycles. The van der Waals surface area contributed by atoms with Crippen LogP contribution in [0.3, 0.4) is 0 Å². The topological polar surface area (TPSA) is 41.6 Å². The van der Waals surface area contributed by atoms with E-state index in [9.17, 15) is 4.79 Å². The quantitative estimate of drug-likeness (QED) is 0.783. The largest absolute Gasteiger partial charge is 0.465 e. The second-order valence-electron chi connectivity index (χ2n) is 5.74. The van der Waals surface area contributed by atoms with E-state index in [0.29, 0.717) is 6.61 Å². The summed E-state index contributed by atoms with van der Waals surface area (Å²) in [5, 5.41) is 3.32. The van der Waals surface area contributed by atoms with Crippen LogP contribution >= 0.6 is 0 Å². The number of hydrogen-bond acceptors (Lipinski definition) is 4. The SMILES string of the molecule is CCOC(=O)C(NCCN(C)C)c1cc(C)c(C)cc1C. The van der Waals surface area contributed by atoms with Gasteiger partial charge in [-0.1, -0.05) is 12.1 Å². The van der Waals surface area contributed by atoms with E-state index in [1.807, 2.05) is 27.9 Å². The number of rotatable bonds is 7. The van der Waals surface area contributed by atoms with Crippen LogP contribution in [0.4, 0.5) is 0 Å². The molecule has 0 saturated carbocycles. The predicted octanol–water partition coefficient (Wildman–Crippen LogP) is 2.37. The Labute approximate surface area is 128 Å². The van der Waals surface area contributed by atoms with E-state index >= 15 is 0 Å². The zero-order valence-corrected chi connectivity index (χ0v) is 14.1. The van der Waals surface area contributed by atoms with Crippen LogP contribution in [-0.4, -0.2) is 44.7 Å². The minimum absolute atomic E-state index is 0.206. The summed E-state index contributed by atoms with van der Waals surface area (Å²) in [4.78, 5) is 14.4. The fourth-order valence-electron chi connectivity index (χ4n) is 2.27. The van der Waals surface area contributed by atoms with Gasteiger partial charge in [0.2, 0.25) is 0 Å². The zero-order valence-electron chi connectivity index (χ0n) is 14.1. The number of aryl methyl sites for hydroxylation is 3. The van der Waals surface area contributed by atoms with Crippen molar-refractivity contribution in [1.82, 2.24) is 10.2 Å². The number of hydrogen-bond donors (Lipinski definition) is 1. The fourth-order valence-corrected chi connectivity index (χ4v) is 2.27. The monoisotopic (exact) mass is 292 g/mol. The summed E-state index contributed by atoms with van der Waals surface area (Å²) in [5.41, 5.74) is 4.57. The summed E-state index contributed by atoms with van der Waals surface area (Å²) in [7, 11) is 4.03. The van der Waals surface area contributed by atoms with E-state index in [4.69, 9.17) is 4.74 Å². The van der Waals surface area contributed by atoms with Gasteiger partial charge in [-0.05, 0) is 64.0 Å². The molecule has 0 bridgehead atoms. The molecule has 1 unspecified atom stereocenters. The van der Waals surface area contributed by atoms with E-state index in [0.717, 1.165) is 24.2 Å². The molecule has 0 radical (unpaired) electrons. The van der Waals surface area contributed by atoms with Crippen LogP contribution in [0.25, 0.3) is 0 Å². The van der Waals surface area contributed by atoms with E-state index in [1.165, 1.54) is 11.1 Å². The molecule has 1 aromatic carbocycles. The highest BCUT2D eigenvalue weighted by molar-refractivity contribution is 5.78. The standard InChI is InChI=1S/C17H28N2O2/c1-7-21-17(20)16(18-8-9-19(5)6)15-11-13(3)12(2)10-14(15)4/h10-11,16,18H,7-9H2,1-6H3. The Bertz CT molecular complexity index is 484. The normalized spacial score (nSPS) is 12.5. The van der Waals surface area contributed by atoms with Crippen molar-refractivity contribution in [1.29, 1.82) is 0 Å². The van der Waals surface area contributed by atoms with Crippen LogP contribution in [-0.2, 0) is 9.53 Å². The van der Waals surface area contributed by atoms with Crippen LogP contribution in [0.5, 0.6) is 0 Å².